The van der Waals surface area contributed by atoms with Crippen molar-refractivity contribution < 1.29 is 53.0 Å². The Morgan fingerprint density at radius 2 is 0.724 bits per heavy atom. The molecule has 0 spiro atoms. The number of rotatable bonds is 19. The fraction of sp³-hybridized carbons (Fsp3) is 0.752. The molecule has 0 unspecified atom stereocenters. The molecule has 20 heteroatoms. The van der Waals surface area contributed by atoms with Gasteiger partial charge in [-0.25, -0.2) is 28.1 Å². The van der Waals surface area contributed by atoms with Crippen LogP contribution in [0.25, 0.3) is 0 Å². The molecule has 0 radical (unpaired) electrons. The molecular formula is C125H174ClF3N6O8S2. The zero-order chi connectivity index (χ0) is 102. The van der Waals surface area contributed by atoms with Gasteiger partial charge in [-0.3, -0.25) is 9.59 Å². The number of imidazole rings is 3. The number of hydrogen-bond acceptors (Lipinski definition) is 13. The van der Waals surface area contributed by atoms with Crippen molar-refractivity contribution in [2.75, 3.05) is 44.4 Å². The number of hydrogen-bond donors (Lipinski definition) is 5. The molecule has 3 aromatic heterocycles. The zero-order valence-corrected chi connectivity index (χ0v) is 91.3. The lowest BCUT2D eigenvalue weighted by atomic mass is 9.51. The molecule has 145 heavy (non-hydrogen) atoms. The summed E-state index contributed by atoms with van der Waals surface area (Å²) in [6.45, 7) is 28.6. The normalized spacial score (nSPS) is 44.2. The molecule has 0 aromatic carbocycles. The van der Waals surface area contributed by atoms with Crippen LogP contribution in [0.1, 0.15) is 304 Å². The summed E-state index contributed by atoms with van der Waals surface area (Å²) >= 11 is 8.88. The number of ether oxygens (including phenoxy) is 1. The summed E-state index contributed by atoms with van der Waals surface area (Å²) in [5.74, 6) is 28.5. The molecule has 5 N–H and O–H groups in total. The fourth-order valence-corrected chi connectivity index (χ4v) is 40.0. The summed E-state index contributed by atoms with van der Waals surface area (Å²) in [6, 6.07) is 0. The van der Waals surface area contributed by atoms with E-state index in [2.05, 4.69) is 149 Å². The van der Waals surface area contributed by atoms with Crippen molar-refractivity contribution in [3.05, 3.63) is 151 Å². The number of aromatic nitrogens is 6. The third-order valence-electron chi connectivity index (χ3n) is 45.8. The number of alkyl halides is 3. The van der Waals surface area contributed by atoms with E-state index in [0.29, 0.717) is 149 Å². The Kier molecular flexibility index (Phi) is 31.4. The molecule has 3 heterocycles. The van der Waals surface area contributed by atoms with Crippen LogP contribution in [0.5, 0.6) is 0 Å². The molecule has 0 aliphatic heterocycles. The van der Waals surface area contributed by atoms with Crippen molar-refractivity contribution in [1.29, 1.82) is 0 Å². The minimum Gasteiger partial charge on any atom is -0.387 e. The first kappa shape index (κ1) is 107. The molecule has 0 amide bonds. The average molecular weight is 2050 g/mol. The second-order valence-electron chi connectivity index (χ2n) is 53.0. The number of allylic oxidation sites excluding steroid dienone is 8. The van der Waals surface area contributed by atoms with Crippen LogP contribution in [0.15, 0.2) is 151 Å². The number of nitrogens with zero attached hydrogens (tertiary/aromatic N) is 6. The third kappa shape index (κ3) is 20.6. The lowest BCUT2D eigenvalue weighted by Gasteiger charge is -2.54. The van der Waals surface area contributed by atoms with E-state index < -0.39 is 41.1 Å². The Balaban J connectivity index is 0.000000111. The van der Waals surface area contributed by atoms with Gasteiger partial charge in [-0.2, -0.15) is 23.5 Å². The largest absolute Gasteiger partial charge is 0.387 e. The minimum atomic E-state index is -2.66. The van der Waals surface area contributed by atoms with Crippen LogP contribution in [0, 0.1) is 204 Å². The SMILES string of the molecule is C=C(Cn1ccnc1)[C@H]1CC[C@H]2[C@@H]3CC=C4C[C@](O)(C#CC5CC5)CC[C@@H]4[C@H]3CC[C@]12C.C=C(Cn1ccnc1)[C@H]1CC[C@H]2[C@@H]3CC=C4C[C@](O)(CF)CC[C@@H]4[C@H]3CC[C@]12C.C=C(Cn1ccnc1)[C@H]1CC[C@H]2[C@@H]3CC=C4C[C@](O)(COC)CC[C@@H]4[C@H]3CC[C@]12C.CSCC(=O)[C@H]1CC[C@H]2[C@@H]3CC=C4C[C@](O)(C#CCl)CC[C@@H]4[C@H]3CC[C@]12C.CSCC(=O)[C@H]1CC[C@H]2[C@@H]3CC=C4C[C@](O)(C(F)F)CC[C@@H]4[C@H]3CC[C@]12C. The standard InChI is InChI=1S/C29H38N2O.C26H38N2O2.C25H35FN2O.C23H31ClO2S.C22H32F2O2S/c1-20(18-31-16-15-30-19-31)26-7-8-27-25-6-5-22-17-29(32,13-9-21-3-4-21)14-11-23(22)24(25)10-12-28(26,27)2;1-18(15-28-13-12-27-17-28)23-6-7-24-22-5-4-19-14-26(29,16-30-3)11-9-20(19)21(22)8-10-25(23,24)2;1-17(14-28-12-11-27-16-28)22-5-6-23-21-4-3-18-13-25(29,15-26)10-8-19(18)20(21)7-9-24(22,23)2;1-22-9-7-17-16-8-10-23(26,11-12-24)13-15(16)3-4-18(17)19(22)5-6-20(22)21(25)14-27-2;1-21-9-7-15-14-8-10-22(26,20(23)24)11-13(14)3-4-16(15)17(21)5-6-18(21)19(25)12-27-2/h5,15-16,19,21,23-27,32H,1,3-4,6-8,10-12,14,17-18H2,2H3;4,12-13,17,20-24,29H,1,5-11,14-16H2,2-3H3;3,11-12,16,19-23,29H,1,4-10,13-15H2,2H3;3,16-20,26H,4-10,13-14H2,1-2H3;3,14-18,20,26H,4-12H2,1-2H3/t23-,24+,25+,26+,27-,28+,29-;20-,21+,22+,23+,24-,25+,26-;19-,20+,21+,22+,23-,24+,25-;16-,17+,18+,19-,20+,22-,23+;14-,15+,16+,17-,18+,21-,22-/m00000/s1. The van der Waals surface area contributed by atoms with Gasteiger partial charge < -0.3 is 44.0 Å². The maximum Gasteiger partial charge on any atom is 0.267 e. The fourth-order valence-electron chi connectivity index (χ4n) is 38.8. The predicted octanol–water partition coefficient (Wildman–Crippen LogP) is 26.2. The van der Waals surface area contributed by atoms with Crippen molar-refractivity contribution in [2.45, 2.75) is 358 Å². The quantitative estimate of drug-likeness (QED) is 0.0562. The molecule has 16 fully saturated rings. The van der Waals surface area contributed by atoms with Gasteiger partial charge >= 0.3 is 0 Å². The third-order valence-corrected chi connectivity index (χ3v) is 47.1. The summed E-state index contributed by atoms with van der Waals surface area (Å²) in [4.78, 5) is 38.0. The molecule has 0 bridgehead atoms. The maximum absolute atomic E-state index is 13.3. The predicted molar refractivity (Wildman–Crippen MR) is 576 cm³/mol. The summed E-state index contributed by atoms with van der Waals surface area (Å²) in [5.41, 5.74) is 7.33. The number of Topliss-reactive ketones (excluding diaryl/α,β-unsaturated/α-hetero) is 2. The van der Waals surface area contributed by atoms with E-state index in [-0.39, 0.29) is 35.5 Å². The number of ketones is 2. The lowest BCUT2D eigenvalue weighted by molar-refractivity contribution is -0.128. The molecule has 35 atom stereocenters. The molecule has 0 saturated heterocycles. The Hall–Kier alpha value is -5.45. The topological polar surface area (TPSA) is 198 Å². The Bertz CT molecular complexity index is 5470. The van der Waals surface area contributed by atoms with Crippen molar-refractivity contribution >= 4 is 46.7 Å². The van der Waals surface area contributed by atoms with Crippen molar-refractivity contribution in [3.63, 3.8) is 0 Å². The summed E-state index contributed by atoms with van der Waals surface area (Å²) in [5, 5.41) is 55.9. The molecule has 21 aliphatic rings. The van der Waals surface area contributed by atoms with Crippen molar-refractivity contribution in [3.8, 4) is 23.1 Å². The van der Waals surface area contributed by atoms with E-state index in [1.54, 1.807) is 30.6 Å². The minimum absolute atomic E-state index is 0.123. The smallest absolute Gasteiger partial charge is 0.267 e. The average Bonchev–Trinajstić information content (AvgIpc) is 1.61. The van der Waals surface area contributed by atoms with E-state index in [0.717, 1.165) is 199 Å². The van der Waals surface area contributed by atoms with Gasteiger partial charge in [0.2, 0.25) is 0 Å². The summed E-state index contributed by atoms with van der Waals surface area (Å²) in [6.07, 6.45) is 75.1. The van der Waals surface area contributed by atoms with Crippen molar-refractivity contribution in [1.82, 2.24) is 28.7 Å². The zero-order valence-electron chi connectivity index (χ0n) is 88.9. The summed E-state index contributed by atoms with van der Waals surface area (Å²) in [7, 11) is 1.70. The molecule has 14 nitrogen and oxygen atoms in total. The van der Waals surface area contributed by atoms with Crippen LogP contribution < -0.4 is 0 Å². The van der Waals surface area contributed by atoms with E-state index in [1.165, 1.54) is 161 Å². The Morgan fingerprint density at radius 3 is 1.04 bits per heavy atom. The monoisotopic (exact) mass is 2040 g/mol. The number of fused-ring (bicyclic) bond motifs is 25. The van der Waals surface area contributed by atoms with Gasteiger partial charge in [0, 0.05) is 106 Å². The van der Waals surface area contributed by atoms with E-state index in [9.17, 15) is 48.3 Å². The highest BCUT2D eigenvalue weighted by Gasteiger charge is 2.65. The highest BCUT2D eigenvalue weighted by Crippen LogP contribution is 2.72. The molecule has 24 rings (SSSR count). The van der Waals surface area contributed by atoms with Gasteiger partial charge in [0.25, 0.3) is 6.43 Å². The highest BCUT2D eigenvalue weighted by molar-refractivity contribution is 7.99. The molecule has 21 aliphatic carbocycles. The lowest BCUT2D eigenvalue weighted by Crippen LogP contribution is -2.50. The number of carbonyl (C=O) groups is 2. The van der Waals surface area contributed by atoms with Crippen molar-refractivity contribution in [2.24, 2.45) is 181 Å². The van der Waals surface area contributed by atoms with E-state index in [1.807, 2.05) is 56.3 Å². The number of methoxy groups -OCH3 is 1. The molecule has 3 aromatic rings. The second kappa shape index (κ2) is 42.8. The molecular weight excluding hydrogens is 1870 g/mol. The van der Waals surface area contributed by atoms with Crippen LogP contribution >= 0.6 is 35.1 Å². The number of carbonyl (C=O) groups excluding carboxylic acids is 2. The van der Waals surface area contributed by atoms with Crippen LogP contribution in [0.3, 0.4) is 0 Å². The molecule has 16 saturated carbocycles. The van der Waals surface area contributed by atoms with Crippen LogP contribution in [-0.2, 0) is 34.0 Å². The number of halogens is 4. The first-order valence-corrected chi connectivity index (χ1v) is 60.7. The van der Waals surface area contributed by atoms with Gasteiger partial charge in [-0.05, 0) is 438 Å². The second-order valence-corrected chi connectivity index (χ2v) is 54.9. The number of aliphatic hydroxyl groups is 5. The highest BCUT2D eigenvalue weighted by atomic mass is 35.5. The van der Waals surface area contributed by atoms with Gasteiger partial charge in [0.05, 0.1) is 48.3 Å². The van der Waals surface area contributed by atoms with Crippen LogP contribution in [0.4, 0.5) is 13.2 Å². The van der Waals surface area contributed by atoms with Crippen LogP contribution in [-0.4, -0.2) is 145 Å². The first-order chi connectivity index (χ1) is 69.5. The van der Waals surface area contributed by atoms with Crippen LogP contribution in [0.2, 0.25) is 0 Å². The maximum atomic E-state index is 13.3. The Labute approximate surface area is 880 Å². The van der Waals surface area contributed by atoms with Gasteiger partial charge in [-0.15, -0.1) is 0 Å². The van der Waals surface area contributed by atoms with Gasteiger partial charge in [-0.1, -0.05) is 147 Å². The number of thioether (sulfide) groups is 2. The van der Waals surface area contributed by atoms with Gasteiger partial charge in [0.1, 0.15) is 35.0 Å². The first-order valence-electron chi connectivity index (χ1n) is 57.5. The summed E-state index contributed by atoms with van der Waals surface area (Å²) < 4.78 is 51.7. The van der Waals surface area contributed by atoms with E-state index in [4.69, 9.17) is 16.3 Å². The Morgan fingerprint density at radius 1 is 0.414 bits per heavy atom. The van der Waals surface area contributed by atoms with E-state index >= 15 is 0 Å². The van der Waals surface area contributed by atoms with Gasteiger partial charge in [0.15, 0.2) is 0 Å². The molecule has 792 valence electrons.